The summed E-state index contributed by atoms with van der Waals surface area (Å²) in [6.07, 6.45) is 2.34. The van der Waals surface area contributed by atoms with Crippen LogP contribution in [0.25, 0.3) is 10.8 Å². The van der Waals surface area contributed by atoms with E-state index < -0.39 is 0 Å². The third-order valence-electron chi connectivity index (χ3n) is 4.19. The van der Waals surface area contributed by atoms with Crippen LogP contribution in [0.2, 0.25) is 0 Å². The Kier molecular flexibility index (Phi) is 2.74. The average molecular weight is 327 g/mol. The minimum Gasteiger partial charge on any atom is -0.465 e. The highest BCUT2D eigenvalue weighted by molar-refractivity contribution is 9.09. The summed E-state index contributed by atoms with van der Waals surface area (Å²) in [4.78, 5) is 0.112. The molecule has 1 nitrogen and oxygen atoms in total. The Bertz CT molecular complexity index is 790. The number of benzene rings is 2. The molecule has 0 spiro atoms. The van der Waals surface area contributed by atoms with Gasteiger partial charge in [-0.15, -0.1) is 0 Å². The molecule has 2 aromatic carbocycles. The second kappa shape index (κ2) is 4.49. The lowest BCUT2D eigenvalue weighted by Gasteiger charge is -2.13. The molecular formula is C18H15BrO. The molecule has 1 atom stereocenters. The normalized spacial score (nSPS) is 14.9. The minimum absolute atomic E-state index is 0.112. The molecule has 0 fully saturated rings. The highest BCUT2D eigenvalue weighted by Crippen LogP contribution is 2.40. The third kappa shape index (κ3) is 1.75. The van der Waals surface area contributed by atoms with E-state index in [1.165, 1.54) is 40.3 Å². The van der Waals surface area contributed by atoms with Crippen LogP contribution in [0.4, 0.5) is 0 Å². The number of aryl methyl sites for hydroxylation is 3. The first-order chi connectivity index (χ1) is 9.74. The summed E-state index contributed by atoms with van der Waals surface area (Å²) in [5, 5.41) is 2.81. The van der Waals surface area contributed by atoms with Crippen LogP contribution in [0.1, 0.15) is 33.0 Å². The summed E-state index contributed by atoms with van der Waals surface area (Å²) in [5.41, 5.74) is 4.26. The summed E-state index contributed by atoms with van der Waals surface area (Å²) >= 11 is 3.80. The number of hydrogen-bond donors (Lipinski definition) is 0. The zero-order valence-electron chi connectivity index (χ0n) is 11.3. The van der Waals surface area contributed by atoms with Gasteiger partial charge in [-0.2, -0.15) is 0 Å². The quantitative estimate of drug-likeness (QED) is 0.580. The second-order valence-electron chi connectivity index (χ2n) is 5.46. The Morgan fingerprint density at radius 3 is 2.55 bits per heavy atom. The van der Waals surface area contributed by atoms with Gasteiger partial charge in [-0.3, -0.25) is 0 Å². The number of rotatable bonds is 2. The molecule has 2 heteroatoms. The molecule has 1 aliphatic rings. The van der Waals surface area contributed by atoms with Crippen LogP contribution in [-0.4, -0.2) is 0 Å². The number of furan rings is 1. The van der Waals surface area contributed by atoms with Crippen LogP contribution in [0, 0.1) is 6.92 Å². The number of halogens is 1. The molecular weight excluding hydrogens is 312 g/mol. The van der Waals surface area contributed by atoms with Crippen LogP contribution < -0.4 is 0 Å². The van der Waals surface area contributed by atoms with E-state index >= 15 is 0 Å². The molecule has 0 N–H and O–H groups in total. The molecule has 0 saturated carbocycles. The van der Waals surface area contributed by atoms with Gasteiger partial charge in [0.25, 0.3) is 0 Å². The van der Waals surface area contributed by atoms with Gasteiger partial charge in [0.2, 0.25) is 0 Å². The van der Waals surface area contributed by atoms with Crippen molar-refractivity contribution in [3.05, 3.63) is 70.7 Å². The van der Waals surface area contributed by atoms with Gasteiger partial charge in [-0.1, -0.05) is 46.3 Å². The van der Waals surface area contributed by atoms with E-state index in [-0.39, 0.29) is 4.83 Å². The molecule has 1 unspecified atom stereocenters. The Balaban J connectivity index is 1.93. The average Bonchev–Trinajstić information content (AvgIpc) is 3.07. The van der Waals surface area contributed by atoms with Crippen molar-refractivity contribution in [3.63, 3.8) is 0 Å². The maximum absolute atomic E-state index is 5.78. The molecule has 0 aliphatic heterocycles. The van der Waals surface area contributed by atoms with Gasteiger partial charge >= 0.3 is 0 Å². The van der Waals surface area contributed by atoms with Crippen LogP contribution in [0.15, 0.2) is 46.9 Å². The van der Waals surface area contributed by atoms with Crippen molar-refractivity contribution in [1.82, 2.24) is 0 Å². The predicted molar refractivity (Wildman–Crippen MR) is 85.6 cm³/mol. The van der Waals surface area contributed by atoms with E-state index in [0.29, 0.717) is 0 Å². The largest absolute Gasteiger partial charge is 0.465 e. The van der Waals surface area contributed by atoms with Gasteiger partial charge in [0, 0.05) is 0 Å². The van der Waals surface area contributed by atoms with E-state index in [9.17, 15) is 0 Å². The molecule has 1 heterocycles. The van der Waals surface area contributed by atoms with Gasteiger partial charge in [0.05, 0.1) is 4.83 Å². The van der Waals surface area contributed by atoms with Crippen molar-refractivity contribution in [2.24, 2.45) is 0 Å². The third-order valence-corrected chi connectivity index (χ3v) is 5.14. The zero-order valence-corrected chi connectivity index (χ0v) is 12.9. The molecule has 1 aliphatic carbocycles. The Hall–Kier alpha value is -1.54. The molecule has 20 heavy (non-hydrogen) atoms. The van der Waals surface area contributed by atoms with Crippen molar-refractivity contribution in [2.45, 2.75) is 24.6 Å². The van der Waals surface area contributed by atoms with Gasteiger partial charge < -0.3 is 4.42 Å². The van der Waals surface area contributed by atoms with Crippen molar-refractivity contribution in [2.75, 3.05) is 0 Å². The lowest BCUT2D eigenvalue weighted by atomic mass is 9.97. The molecule has 0 saturated heterocycles. The van der Waals surface area contributed by atoms with Crippen molar-refractivity contribution in [1.29, 1.82) is 0 Å². The van der Waals surface area contributed by atoms with E-state index in [0.717, 1.165) is 11.5 Å². The molecule has 0 amide bonds. The van der Waals surface area contributed by atoms with Gasteiger partial charge in [0.15, 0.2) is 0 Å². The monoisotopic (exact) mass is 326 g/mol. The minimum atomic E-state index is 0.112. The lowest BCUT2D eigenvalue weighted by Crippen LogP contribution is -1.93. The second-order valence-corrected chi connectivity index (χ2v) is 6.38. The molecule has 0 radical (unpaired) electrons. The summed E-state index contributed by atoms with van der Waals surface area (Å²) in [6.45, 7) is 1.98. The highest BCUT2D eigenvalue weighted by atomic mass is 79.9. The topological polar surface area (TPSA) is 13.1 Å². The fraction of sp³-hybridized carbons (Fsp3) is 0.222. The van der Waals surface area contributed by atoms with Gasteiger partial charge in [-0.25, -0.2) is 0 Å². The molecule has 3 aromatic rings. The Morgan fingerprint density at radius 2 is 1.80 bits per heavy atom. The smallest absolute Gasteiger partial charge is 0.122 e. The summed E-state index contributed by atoms with van der Waals surface area (Å²) in [6, 6.07) is 15.2. The van der Waals surface area contributed by atoms with Crippen LogP contribution >= 0.6 is 15.9 Å². The van der Waals surface area contributed by atoms with Crippen molar-refractivity contribution in [3.8, 4) is 0 Å². The number of alkyl halides is 1. The van der Waals surface area contributed by atoms with E-state index in [4.69, 9.17) is 4.42 Å². The standard InChI is InChI=1S/C18H15BrO/c1-11-5-10-16(20-11)18(19)15-9-8-13-7-6-12-3-2-4-14(15)17(12)13/h2-5,8-10,18H,6-7H2,1H3. The SMILES string of the molecule is Cc1ccc(C(Br)c2ccc3c4c(cccc24)CC3)o1. The first kappa shape index (κ1) is 12.2. The van der Waals surface area contributed by atoms with Crippen molar-refractivity contribution < 1.29 is 4.42 Å². The zero-order chi connectivity index (χ0) is 13.7. The number of hydrogen-bond acceptors (Lipinski definition) is 1. The van der Waals surface area contributed by atoms with E-state index in [1.54, 1.807) is 0 Å². The maximum Gasteiger partial charge on any atom is 0.122 e. The van der Waals surface area contributed by atoms with Gasteiger partial charge in [0.1, 0.15) is 11.5 Å². The molecule has 4 rings (SSSR count). The van der Waals surface area contributed by atoms with E-state index in [1.807, 2.05) is 13.0 Å². The predicted octanol–water partition coefficient (Wildman–Crippen LogP) is 5.32. The van der Waals surface area contributed by atoms with Crippen LogP contribution in [-0.2, 0) is 12.8 Å². The summed E-state index contributed by atoms with van der Waals surface area (Å²) < 4.78 is 5.78. The Morgan fingerprint density at radius 1 is 1.00 bits per heavy atom. The molecule has 0 bridgehead atoms. The maximum atomic E-state index is 5.78. The van der Waals surface area contributed by atoms with Gasteiger partial charge in [-0.05, 0) is 59.4 Å². The Labute approximate surface area is 126 Å². The fourth-order valence-corrected chi connectivity index (χ4v) is 3.88. The first-order valence-corrected chi connectivity index (χ1v) is 7.89. The van der Waals surface area contributed by atoms with Crippen LogP contribution in [0.5, 0.6) is 0 Å². The van der Waals surface area contributed by atoms with Crippen LogP contribution in [0.3, 0.4) is 0 Å². The highest BCUT2D eigenvalue weighted by Gasteiger charge is 2.21. The molecule has 100 valence electrons. The summed E-state index contributed by atoms with van der Waals surface area (Å²) in [7, 11) is 0. The first-order valence-electron chi connectivity index (χ1n) is 6.98. The summed E-state index contributed by atoms with van der Waals surface area (Å²) in [5.74, 6) is 1.93. The fourth-order valence-electron chi connectivity index (χ4n) is 3.23. The van der Waals surface area contributed by atoms with Crippen molar-refractivity contribution >= 4 is 26.7 Å². The molecule has 1 aromatic heterocycles. The van der Waals surface area contributed by atoms with E-state index in [2.05, 4.69) is 52.3 Å². The lowest BCUT2D eigenvalue weighted by molar-refractivity contribution is 0.492.